The second-order valence-electron chi connectivity index (χ2n) is 6.47. The number of primary amides is 1. The van der Waals surface area contributed by atoms with Crippen LogP contribution < -0.4 is 16.4 Å². The van der Waals surface area contributed by atoms with Gasteiger partial charge in [-0.25, -0.2) is 0 Å². The lowest BCUT2D eigenvalue weighted by molar-refractivity contribution is -0.119. The van der Waals surface area contributed by atoms with Gasteiger partial charge in [-0.2, -0.15) is 0 Å². The van der Waals surface area contributed by atoms with Crippen molar-refractivity contribution in [1.29, 1.82) is 0 Å². The first-order valence-electron chi connectivity index (χ1n) is 9.03. The number of aliphatic imine (C=N–C) groups is 1. The number of rotatable bonds is 7. The van der Waals surface area contributed by atoms with Gasteiger partial charge in [0.05, 0.1) is 6.54 Å². The van der Waals surface area contributed by atoms with E-state index in [0.29, 0.717) is 12.6 Å². The SMILES string of the molecule is CCNC(=NCCc1ccncc1C)NC1CCN(CC(N)=O)CC1. The van der Waals surface area contributed by atoms with Crippen molar-refractivity contribution in [2.24, 2.45) is 10.7 Å². The first-order valence-corrected chi connectivity index (χ1v) is 9.03. The molecule has 0 bridgehead atoms. The molecule has 0 spiro atoms. The molecule has 0 atom stereocenters. The van der Waals surface area contributed by atoms with Gasteiger partial charge < -0.3 is 16.4 Å². The Bertz CT molecular complexity index is 581. The Balaban J connectivity index is 1.82. The van der Waals surface area contributed by atoms with Crippen LogP contribution in [0.5, 0.6) is 0 Å². The average molecular weight is 346 g/mol. The zero-order chi connectivity index (χ0) is 18.1. The van der Waals surface area contributed by atoms with E-state index in [0.717, 1.165) is 51.4 Å². The number of carbonyl (C=O) groups is 1. The Morgan fingerprint density at radius 3 is 2.84 bits per heavy atom. The van der Waals surface area contributed by atoms with Gasteiger partial charge in [0, 0.05) is 44.6 Å². The fourth-order valence-electron chi connectivity index (χ4n) is 3.04. The molecule has 25 heavy (non-hydrogen) atoms. The number of hydrogen-bond donors (Lipinski definition) is 3. The topological polar surface area (TPSA) is 95.6 Å². The number of aromatic nitrogens is 1. The first kappa shape index (κ1) is 19.2. The third-order valence-corrected chi connectivity index (χ3v) is 4.44. The molecule has 0 radical (unpaired) electrons. The van der Waals surface area contributed by atoms with E-state index < -0.39 is 0 Å². The highest BCUT2D eigenvalue weighted by atomic mass is 16.1. The average Bonchev–Trinajstić information content (AvgIpc) is 2.58. The molecule has 0 unspecified atom stereocenters. The number of nitrogens with two attached hydrogens (primary N) is 1. The zero-order valence-corrected chi connectivity index (χ0v) is 15.3. The number of hydrogen-bond acceptors (Lipinski definition) is 4. The third kappa shape index (κ3) is 6.70. The quantitative estimate of drug-likeness (QED) is 0.492. The van der Waals surface area contributed by atoms with E-state index in [-0.39, 0.29) is 5.91 Å². The van der Waals surface area contributed by atoms with Crippen molar-refractivity contribution in [1.82, 2.24) is 20.5 Å². The molecule has 1 aromatic heterocycles. The van der Waals surface area contributed by atoms with Gasteiger partial charge in [-0.05, 0) is 50.3 Å². The second kappa shape index (κ2) is 9.98. The maximum Gasteiger partial charge on any atom is 0.231 e. The molecule has 1 fully saturated rings. The van der Waals surface area contributed by atoms with Crippen LogP contribution in [0.4, 0.5) is 0 Å². The van der Waals surface area contributed by atoms with Crippen LogP contribution in [0.2, 0.25) is 0 Å². The van der Waals surface area contributed by atoms with Gasteiger partial charge in [0.1, 0.15) is 0 Å². The molecule has 2 rings (SSSR count). The monoisotopic (exact) mass is 346 g/mol. The van der Waals surface area contributed by atoms with Gasteiger partial charge in [0.25, 0.3) is 0 Å². The van der Waals surface area contributed by atoms with Crippen molar-refractivity contribution in [3.8, 4) is 0 Å². The molecule has 4 N–H and O–H groups in total. The molecule has 1 amide bonds. The van der Waals surface area contributed by atoms with Crippen LogP contribution in [-0.4, -0.2) is 60.5 Å². The molecule has 1 saturated heterocycles. The van der Waals surface area contributed by atoms with E-state index in [1.54, 1.807) is 0 Å². The van der Waals surface area contributed by atoms with Crippen molar-refractivity contribution >= 4 is 11.9 Å². The van der Waals surface area contributed by atoms with E-state index in [4.69, 9.17) is 10.7 Å². The van der Waals surface area contributed by atoms with E-state index in [2.05, 4.69) is 40.4 Å². The fraction of sp³-hybridized carbons (Fsp3) is 0.611. The van der Waals surface area contributed by atoms with Crippen LogP contribution in [0.1, 0.15) is 30.9 Å². The smallest absolute Gasteiger partial charge is 0.231 e. The summed E-state index contributed by atoms with van der Waals surface area (Å²) in [5, 5.41) is 6.83. The van der Waals surface area contributed by atoms with E-state index >= 15 is 0 Å². The highest BCUT2D eigenvalue weighted by molar-refractivity contribution is 5.80. The lowest BCUT2D eigenvalue weighted by Gasteiger charge is -2.32. The fourth-order valence-corrected chi connectivity index (χ4v) is 3.04. The summed E-state index contributed by atoms with van der Waals surface area (Å²) in [5.41, 5.74) is 7.75. The van der Waals surface area contributed by atoms with Gasteiger partial charge in [-0.1, -0.05) is 0 Å². The highest BCUT2D eigenvalue weighted by Crippen LogP contribution is 2.10. The number of piperidine rings is 1. The van der Waals surface area contributed by atoms with E-state index in [1.165, 1.54) is 11.1 Å². The number of likely N-dealkylation sites (tertiary alicyclic amines) is 1. The summed E-state index contributed by atoms with van der Waals surface area (Å²) in [6.07, 6.45) is 6.60. The standard InChI is InChI=1S/C18H30N6O/c1-3-21-18(22-9-5-15-4-8-20-12-14(15)2)23-16-6-10-24(11-7-16)13-17(19)25/h4,8,12,16H,3,5-7,9-11,13H2,1-2H3,(H2,19,25)(H2,21,22,23). The van der Waals surface area contributed by atoms with Gasteiger partial charge in [0.2, 0.25) is 5.91 Å². The van der Waals surface area contributed by atoms with Crippen molar-refractivity contribution in [2.45, 2.75) is 39.2 Å². The lowest BCUT2D eigenvalue weighted by Crippen LogP contribution is -2.49. The molecule has 0 aliphatic carbocycles. The number of aryl methyl sites for hydroxylation is 1. The summed E-state index contributed by atoms with van der Waals surface area (Å²) in [7, 11) is 0. The van der Waals surface area contributed by atoms with Crippen molar-refractivity contribution < 1.29 is 4.79 Å². The number of nitrogens with zero attached hydrogens (tertiary/aromatic N) is 3. The predicted octanol–water partition coefficient (Wildman–Crippen LogP) is 0.437. The van der Waals surface area contributed by atoms with Crippen molar-refractivity contribution in [2.75, 3.05) is 32.7 Å². The predicted molar refractivity (Wildman–Crippen MR) is 100 cm³/mol. The minimum atomic E-state index is -0.257. The molecule has 1 aromatic rings. The van der Waals surface area contributed by atoms with Gasteiger partial charge in [0.15, 0.2) is 5.96 Å². The summed E-state index contributed by atoms with van der Waals surface area (Å²) in [4.78, 5) is 21.9. The molecule has 0 saturated carbocycles. The Morgan fingerprint density at radius 2 is 2.20 bits per heavy atom. The number of amides is 1. The molecule has 7 heteroatoms. The van der Waals surface area contributed by atoms with Crippen LogP contribution in [0.25, 0.3) is 0 Å². The van der Waals surface area contributed by atoms with Crippen LogP contribution in [0, 0.1) is 6.92 Å². The lowest BCUT2D eigenvalue weighted by atomic mass is 10.1. The molecular formula is C18H30N6O. The first-order chi connectivity index (χ1) is 12.1. The number of pyridine rings is 1. The van der Waals surface area contributed by atoms with Crippen LogP contribution in [-0.2, 0) is 11.2 Å². The second-order valence-corrected chi connectivity index (χ2v) is 6.47. The summed E-state index contributed by atoms with van der Waals surface area (Å²) < 4.78 is 0. The van der Waals surface area contributed by atoms with Gasteiger partial charge in [-0.3, -0.25) is 19.7 Å². The molecule has 0 aromatic carbocycles. The Kier molecular flexibility index (Phi) is 7.66. The minimum Gasteiger partial charge on any atom is -0.369 e. The maximum atomic E-state index is 11.0. The minimum absolute atomic E-state index is 0.257. The largest absolute Gasteiger partial charge is 0.369 e. The van der Waals surface area contributed by atoms with Gasteiger partial charge >= 0.3 is 0 Å². The van der Waals surface area contributed by atoms with Crippen molar-refractivity contribution in [3.05, 3.63) is 29.6 Å². The molecule has 138 valence electrons. The number of nitrogens with one attached hydrogen (secondary N) is 2. The van der Waals surface area contributed by atoms with E-state index in [1.807, 2.05) is 12.4 Å². The number of carbonyl (C=O) groups excluding carboxylic acids is 1. The molecule has 1 aliphatic rings. The molecule has 1 aliphatic heterocycles. The van der Waals surface area contributed by atoms with Crippen LogP contribution in [0.3, 0.4) is 0 Å². The van der Waals surface area contributed by atoms with Crippen LogP contribution in [0.15, 0.2) is 23.5 Å². The highest BCUT2D eigenvalue weighted by Gasteiger charge is 2.20. The summed E-state index contributed by atoms with van der Waals surface area (Å²) in [5.74, 6) is 0.607. The summed E-state index contributed by atoms with van der Waals surface area (Å²) in [6.45, 7) is 7.84. The summed E-state index contributed by atoms with van der Waals surface area (Å²) >= 11 is 0. The molecular weight excluding hydrogens is 316 g/mol. The third-order valence-electron chi connectivity index (χ3n) is 4.44. The maximum absolute atomic E-state index is 11.0. The van der Waals surface area contributed by atoms with Crippen LogP contribution >= 0.6 is 0 Å². The Hall–Kier alpha value is -2.15. The zero-order valence-electron chi connectivity index (χ0n) is 15.3. The molecule has 7 nitrogen and oxygen atoms in total. The Labute approximate surface area is 150 Å². The van der Waals surface area contributed by atoms with E-state index in [9.17, 15) is 4.79 Å². The molecule has 2 heterocycles. The van der Waals surface area contributed by atoms with Crippen molar-refractivity contribution in [3.63, 3.8) is 0 Å². The normalized spacial score (nSPS) is 16.6. The number of guanidine groups is 1. The Morgan fingerprint density at radius 1 is 1.44 bits per heavy atom. The summed E-state index contributed by atoms with van der Waals surface area (Å²) in [6, 6.07) is 2.43. The van der Waals surface area contributed by atoms with Gasteiger partial charge in [-0.15, -0.1) is 0 Å².